The summed E-state index contributed by atoms with van der Waals surface area (Å²) in [5, 5.41) is 9.90. The van der Waals surface area contributed by atoms with Gasteiger partial charge >= 0.3 is 0 Å². The molecule has 2 aromatic carbocycles. The quantitative estimate of drug-likeness (QED) is 0.842. The Morgan fingerprint density at radius 2 is 1.69 bits per heavy atom. The Balaban J connectivity index is 1.74. The molecule has 0 amide bonds. The van der Waals surface area contributed by atoms with Crippen LogP contribution in [0.3, 0.4) is 0 Å². The summed E-state index contributed by atoms with van der Waals surface area (Å²) < 4.78 is 6.18. The van der Waals surface area contributed by atoms with E-state index >= 15 is 0 Å². The van der Waals surface area contributed by atoms with E-state index in [1.165, 1.54) is 5.57 Å². The fourth-order valence-corrected chi connectivity index (χ4v) is 5.07. The van der Waals surface area contributed by atoms with Crippen LogP contribution in [0.2, 0.25) is 0 Å². The molecule has 29 heavy (non-hydrogen) atoms. The second-order valence-corrected chi connectivity index (χ2v) is 7.90. The lowest BCUT2D eigenvalue weighted by Crippen LogP contribution is -2.43. The van der Waals surface area contributed by atoms with Crippen molar-refractivity contribution in [2.24, 2.45) is 5.73 Å². The van der Waals surface area contributed by atoms with Crippen molar-refractivity contribution in [3.8, 4) is 6.07 Å². The van der Waals surface area contributed by atoms with Crippen molar-refractivity contribution >= 4 is 6.08 Å². The number of fused-ring (bicyclic) bond motifs is 3. The van der Waals surface area contributed by atoms with Gasteiger partial charge in [0.15, 0.2) is 0 Å². The Hall–Kier alpha value is -3.29. The van der Waals surface area contributed by atoms with Gasteiger partial charge in [-0.1, -0.05) is 60.7 Å². The minimum atomic E-state index is -0.171. The van der Waals surface area contributed by atoms with Gasteiger partial charge in [0, 0.05) is 23.2 Å². The largest absolute Gasteiger partial charge is 0.440 e. The molecule has 0 radical (unpaired) electrons. The Kier molecular flexibility index (Phi) is 4.26. The van der Waals surface area contributed by atoms with E-state index in [4.69, 9.17) is 10.5 Å². The zero-order valence-corrected chi connectivity index (χ0v) is 16.4. The van der Waals surface area contributed by atoms with Crippen LogP contribution in [0, 0.1) is 11.3 Å². The van der Waals surface area contributed by atoms with Crippen molar-refractivity contribution in [1.82, 2.24) is 4.90 Å². The van der Waals surface area contributed by atoms with Crippen LogP contribution >= 0.6 is 0 Å². The lowest BCUT2D eigenvalue weighted by molar-refractivity contribution is 0.209. The summed E-state index contributed by atoms with van der Waals surface area (Å²) in [6.07, 6.45) is 4.33. The third-order valence-electron chi connectivity index (χ3n) is 6.39. The fraction of sp³-hybridized carbons (Fsp3) is 0.240. The molecule has 1 fully saturated rings. The second-order valence-electron chi connectivity index (χ2n) is 7.90. The topological polar surface area (TPSA) is 62.3 Å². The van der Waals surface area contributed by atoms with E-state index in [0.29, 0.717) is 11.6 Å². The van der Waals surface area contributed by atoms with Crippen LogP contribution < -0.4 is 5.73 Å². The third kappa shape index (κ3) is 2.78. The Morgan fingerprint density at radius 1 is 1.03 bits per heavy atom. The molecule has 0 aliphatic carbocycles. The molecular weight excluding hydrogens is 358 g/mol. The van der Waals surface area contributed by atoms with Crippen LogP contribution in [0.5, 0.6) is 0 Å². The number of hydrogen-bond acceptors (Lipinski definition) is 4. The summed E-state index contributed by atoms with van der Waals surface area (Å²) in [5.41, 5.74) is 11.3. The maximum Gasteiger partial charge on any atom is 0.205 e. The van der Waals surface area contributed by atoms with Crippen molar-refractivity contribution in [2.45, 2.75) is 30.8 Å². The first-order valence-corrected chi connectivity index (χ1v) is 10.0. The van der Waals surface area contributed by atoms with Crippen molar-refractivity contribution < 1.29 is 4.74 Å². The van der Waals surface area contributed by atoms with Gasteiger partial charge in [-0.25, -0.2) is 0 Å². The normalized spacial score (nSPS) is 27.6. The molecule has 0 spiro atoms. The SMILES string of the molecule is CN1[C@@H]2CC[C@H]1/C(=C\c1ccccc1)C1=C2[C@@H](c2ccccc2)C(C#N)=C(N)O1. The first-order valence-electron chi connectivity index (χ1n) is 10.0. The molecule has 3 heterocycles. The Morgan fingerprint density at radius 3 is 2.38 bits per heavy atom. The van der Waals surface area contributed by atoms with Crippen LogP contribution in [-0.4, -0.2) is 24.0 Å². The highest BCUT2D eigenvalue weighted by molar-refractivity contribution is 5.65. The number of nitrogens with two attached hydrogens (primary N) is 1. The molecule has 3 aliphatic heterocycles. The molecule has 0 saturated carbocycles. The van der Waals surface area contributed by atoms with E-state index in [0.717, 1.165) is 35.3 Å². The maximum atomic E-state index is 9.90. The molecule has 1 saturated heterocycles. The molecular formula is C25H23N3O. The first-order chi connectivity index (χ1) is 14.2. The minimum absolute atomic E-state index is 0.171. The van der Waals surface area contributed by atoms with Crippen molar-refractivity contribution in [3.05, 3.63) is 100 Å². The van der Waals surface area contributed by atoms with Crippen molar-refractivity contribution in [3.63, 3.8) is 0 Å². The molecule has 5 rings (SSSR count). The molecule has 2 N–H and O–H groups in total. The van der Waals surface area contributed by atoms with E-state index in [9.17, 15) is 5.26 Å². The number of hydrogen-bond donors (Lipinski definition) is 1. The molecule has 3 aliphatic rings. The highest BCUT2D eigenvalue weighted by Gasteiger charge is 2.48. The van der Waals surface area contributed by atoms with Crippen LogP contribution in [0.1, 0.15) is 29.9 Å². The van der Waals surface area contributed by atoms with Crippen LogP contribution in [0.25, 0.3) is 6.08 Å². The van der Waals surface area contributed by atoms with E-state index in [1.807, 2.05) is 36.4 Å². The maximum absolute atomic E-state index is 9.90. The predicted molar refractivity (Wildman–Crippen MR) is 113 cm³/mol. The van der Waals surface area contributed by atoms with Crippen molar-refractivity contribution in [2.75, 3.05) is 7.05 Å². The van der Waals surface area contributed by atoms with Gasteiger partial charge in [0.1, 0.15) is 17.4 Å². The average Bonchev–Trinajstić information content (AvgIpc) is 3.05. The van der Waals surface area contributed by atoms with E-state index < -0.39 is 0 Å². The van der Waals surface area contributed by atoms with Gasteiger partial charge in [-0.3, -0.25) is 4.90 Å². The molecule has 0 unspecified atom stereocenters. The average molecular weight is 381 g/mol. The predicted octanol–water partition coefficient (Wildman–Crippen LogP) is 4.31. The third-order valence-corrected chi connectivity index (χ3v) is 6.39. The van der Waals surface area contributed by atoms with Gasteiger partial charge in [0.05, 0.1) is 5.92 Å². The monoisotopic (exact) mass is 381 g/mol. The zero-order chi connectivity index (χ0) is 20.0. The number of allylic oxidation sites excluding steroid dienone is 1. The fourth-order valence-electron chi connectivity index (χ4n) is 5.07. The molecule has 144 valence electrons. The Labute approximate surface area is 171 Å². The number of rotatable bonds is 2. The standard InChI is InChI=1S/C25H23N3O/c1-28-20-12-13-21(28)23-22(17-10-6-3-7-11-17)19(15-26)25(27)29-24(23)18(20)14-16-8-4-2-5-9-16/h2-11,14,20-22H,12-13,27H2,1H3/b18-14+/t20-,21+,22-/m0/s1. The van der Waals surface area contributed by atoms with Gasteiger partial charge in [-0.15, -0.1) is 0 Å². The second kappa shape index (κ2) is 6.95. The summed E-state index contributed by atoms with van der Waals surface area (Å²) in [7, 11) is 2.18. The minimum Gasteiger partial charge on any atom is -0.440 e. The van der Waals surface area contributed by atoms with Crippen LogP contribution in [-0.2, 0) is 4.74 Å². The summed E-state index contributed by atoms with van der Waals surface area (Å²) >= 11 is 0. The van der Waals surface area contributed by atoms with Crippen LogP contribution in [0.4, 0.5) is 0 Å². The number of benzene rings is 2. The Bertz CT molecular complexity index is 1080. The van der Waals surface area contributed by atoms with Crippen LogP contribution in [0.15, 0.2) is 89.0 Å². The summed E-state index contributed by atoms with van der Waals surface area (Å²) in [6, 6.07) is 23.4. The van der Waals surface area contributed by atoms with Crippen molar-refractivity contribution in [1.29, 1.82) is 5.26 Å². The lowest BCUT2D eigenvalue weighted by Gasteiger charge is -2.41. The number of nitriles is 1. The summed E-state index contributed by atoms with van der Waals surface area (Å²) in [4.78, 5) is 2.43. The van der Waals surface area contributed by atoms with Gasteiger partial charge in [0.25, 0.3) is 0 Å². The first kappa shape index (κ1) is 17.8. The lowest BCUT2D eigenvalue weighted by atomic mass is 9.77. The molecule has 3 atom stereocenters. The molecule has 4 heteroatoms. The molecule has 2 aromatic rings. The number of nitrogens with zero attached hydrogens (tertiary/aromatic N) is 2. The zero-order valence-electron chi connectivity index (χ0n) is 16.4. The van der Waals surface area contributed by atoms with Gasteiger partial charge in [-0.05, 0) is 37.1 Å². The van der Waals surface area contributed by atoms with E-state index in [2.05, 4.69) is 48.4 Å². The van der Waals surface area contributed by atoms with Gasteiger partial charge < -0.3 is 10.5 Å². The highest BCUT2D eigenvalue weighted by atomic mass is 16.5. The molecule has 2 bridgehead atoms. The number of ether oxygens (including phenoxy) is 1. The van der Waals surface area contributed by atoms with Gasteiger partial charge in [-0.2, -0.15) is 5.26 Å². The smallest absolute Gasteiger partial charge is 0.205 e. The number of likely N-dealkylation sites (N-methyl/N-ethyl adjacent to an activating group) is 1. The molecule has 0 aromatic heterocycles. The van der Waals surface area contributed by atoms with Gasteiger partial charge in [0.2, 0.25) is 5.88 Å². The van der Waals surface area contributed by atoms with E-state index in [1.54, 1.807) is 0 Å². The van der Waals surface area contributed by atoms with E-state index in [-0.39, 0.29) is 17.8 Å². The molecule has 4 nitrogen and oxygen atoms in total. The highest BCUT2D eigenvalue weighted by Crippen LogP contribution is 2.51. The summed E-state index contributed by atoms with van der Waals surface area (Å²) in [6.45, 7) is 0. The summed E-state index contributed by atoms with van der Waals surface area (Å²) in [5.74, 6) is 0.920.